The number of likely N-dealkylation sites (tertiary alicyclic amines) is 1. The van der Waals surface area contributed by atoms with Gasteiger partial charge in [0, 0.05) is 6.54 Å². The molecule has 3 heterocycles. The maximum Gasteiger partial charge on any atom is 0.494 e. The van der Waals surface area contributed by atoms with Gasteiger partial charge < -0.3 is 19.0 Å². The summed E-state index contributed by atoms with van der Waals surface area (Å²) in [6.07, 6.45) is 3.23. The Morgan fingerprint density at radius 1 is 1.10 bits per heavy atom. The Hall–Kier alpha value is -3.61. The van der Waals surface area contributed by atoms with Crippen molar-refractivity contribution in [1.29, 1.82) is 5.26 Å². The monoisotopic (exact) mass is 540 g/mol. The van der Waals surface area contributed by atoms with Crippen LogP contribution in [0, 0.1) is 11.3 Å². The van der Waals surface area contributed by atoms with Gasteiger partial charge in [-0.2, -0.15) is 5.26 Å². The number of carbonyl (C=O) groups is 1. The number of hydrogen-bond acceptors (Lipinski definition) is 6. The van der Waals surface area contributed by atoms with Crippen LogP contribution in [0.3, 0.4) is 0 Å². The summed E-state index contributed by atoms with van der Waals surface area (Å²) >= 11 is 0. The Morgan fingerprint density at radius 3 is 2.38 bits per heavy atom. The molecule has 8 nitrogen and oxygen atoms in total. The Kier molecular flexibility index (Phi) is 7.05. The van der Waals surface area contributed by atoms with Crippen LogP contribution in [-0.4, -0.2) is 51.4 Å². The second kappa shape index (κ2) is 10.1. The van der Waals surface area contributed by atoms with Gasteiger partial charge in [-0.1, -0.05) is 36.4 Å². The molecule has 0 radical (unpaired) electrons. The lowest BCUT2D eigenvalue weighted by atomic mass is 9.77. The maximum absolute atomic E-state index is 12.7. The van der Waals surface area contributed by atoms with E-state index in [9.17, 15) is 10.1 Å². The van der Waals surface area contributed by atoms with Crippen LogP contribution in [0.2, 0.25) is 0 Å². The van der Waals surface area contributed by atoms with Crippen LogP contribution in [0.1, 0.15) is 78.7 Å². The van der Waals surface area contributed by atoms with E-state index in [0.717, 1.165) is 46.5 Å². The number of hydrogen-bond donors (Lipinski definition) is 1. The summed E-state index contributed by atoms with van der Waals surface area (Å²) in [7, 11) is -0.519. The molecule has 2 aliphatic heterocycles. The molecule has 1 atom stereocenters. The number of carbonyl (C=O) groups excluding carboxylic acids is 1. The fourth-order valence-corrected chi connectivity index (χ4v) is 5.10. The summed E-state index contributed by atoms with van der Waals surface area (Å²) in [5.74, 6) is 0.757. The van der Waals surface area contributed by atoms with E-state index in [1.807, 2.05) is 90.9 Å². The summed E-state index contributed by atoms with van der Waals surface area (Å²) in [4.78, 5) is 22.5. The number of imidazole rings is 1. The van der Waals surface area contributed by atoms with Gasteiger partial charge in [-0.3, -0.25) is 4.90 Å². The van der Waals surface area contributed by atoms with E-state index in [0.29, 0.717) is 12.1 Å². The van der Waals surface area contributed by atoms with Crippen molar-refractivity contribution in [1.82, 2.24) is 14.9 Å². The number of ether oxygens (including phenoxy) is 1. The van der Waals surface area contributed by atoms with Crippen LogP contribution in [0.25, 0.3) is 22.4 Å². The van der Waals surface area contributed by atoms with E-state index < -0.39 is 23.9 Å². The topological polar surface area (TPSA) is 100 Å². The molecule has 0 spiro atoms. The highest BCUT2D eigenvalue weighted by Crippen LogP contribution is 2.37. The van der Waals surface area contributed by atoms with Crippen molar-refractivity contribution in [3.63, 3.8) is 0 Å². The van der Waals surface area contributed by atoms with Gasteiger partial charge >= 0.3 is 13.2 Å². The van der Waals surface area contributed by atoms with Crippen molar-refractivity contribution in [2.24, 2.45) is 0 Å². The lowest BCUT2D eigenvalue weighted by Crippen LogP contribution is -2.41. The minimum absolute atomic E-state index is 0.136. The van der Waals surface area contributed by atoms with Crippen LogP contribution in [0.5, 0.6) is 0 Å². The molecule has 1 aromatic heterocycles. The van der Waals surface area contributed by atoms with Gasteiger partial charge in [0.15, 0.2) is 0 Å². The van der Waals surface area contributed by atoms with Crippen molar-refractivity contribution in [3.05, 3.63) is 60.0 Å². The molecule has 2 saturated heterocycles. The average molecular weight is 540 g/mol. The molecular formula is C31H37BN4O4. The smallest absolute Gasteiger partial charge is 0.444 e. The third-order valence-electron chi connectivity index (χ3n) is 7.99. The van der Waals surface area contributed by atoms with Gasteiger partial charge in [0.2, 0.25) is 0 Å². The highest BCUT2D eigenvalue weighted by atomic mass is 16.7. The highest BCUT2D eigenvalue weighted by molar-refractivity contribution is 6.62. The number of nitrogens with one attached hydrogen (secondary N) is 1. The molecule has 0 saturated carbocycles. The number of nitriles is 1. The van der Waals surface area contributed by atoms with Crippen LogP contribution in [-0.2, 0) is 14.0 Å². The third kappa shape index (κ3) is 5.39. The summed E-state index contributed by atoms with van der Waals surface area (Å²) < 4.78 is 17.9. The van der Waals surface area contributed by atoms with Crippen LogP contribution >= 0.6 is 0 Å². The first-order valence-corrected chi connectivity index (χ1v) is 13.8. The molecule has 1 N–H and O–H groups in total. The number of benzene rings is 2. The Labute approximate surface area is 236 Å². The number of rotatable bonds is 4. The van der Waals surface area contributed by atoms with Crippen molar-refractivity contribution in [3.8, 4) is 28.5 Å². The largest absolute Gasteiger partial charge is 0.494 e. The molecule has 1 amide bonds. The SMILES string of the molecule is CC(C)(C)OC(=O)N1CCC[C@H]1c1ncc(-c2ccc(-c3ccc(B4OC(C)(C)C(C)(C)O4)cc3C#N)cc2)[nH]1. The molecule has 2 aliphatic rings. The molecule has 9 heteroatoms. The summed E-state index contributed by atoms with van der Waals surface area (Å²) in [6.45, 7) is 14.3. The van der Waals surface area contributed by atoms with Crippen LogP contribution in [0.4, 0.5) is 4.79 Å². The van der Waals surface area contributed by atoms with E-state index in [2.05, 4.69) is 16.0 Å². The molecule has 40 heavy (non-hydrogen) atoms. The minimum Gasteiger partial charge on any atom is -0.444 e. The fourth-order valence-electron chi connectivity index (χ4n) is 5.10. The Balaban J connectivity index is 1.33. The van der Waals surface area contributed by atoms with Crippen LogP contribution < -0.4 is 5.46 Å². The predicted molar refractivity (Wildman–Crippen MR) is 155 cm³/mol. The molecule has 2 aromatic carbocycles. The number of H-pyrrole nitrogens is 1. The van der Waals surface area contributed by atoms with E-state index >= 15 is 0 Å². The summed E-state index contributed by atoms with van der Waals surface area (Å²) in [5.41, 5.74) is 3.57. The third-order valence-corrected chi connectivity index (χ3v) is 7.99. The second-order valence-electron chi connectivity index (χ2n) is 12.6. The number of aromatic nitrogens is 2. The summed E-state index contributed by atoms with van der Waals surface area (Å²) in [5, 5.41) is 9.93. The lowest BCUT2D eigenvalue weighted by Gasteiger charge is -2.32. The molecular weight excluding hydrogens is 503 g/mol. The lowest BCUT2D eigenvalue weighted by molar-refractivity contribution is 0.00578. The summed E-state index contributed by atoms with van der Waals surface area (Å²) in [6, 6.07) is 16.0. The van der Waals surface area contributed by atoms with Gasteiger partial charge in [0.25, 0.3) is 0 Å². The van der Waals surface area contributed by atoms with E-state index in [1.54, 1.807) is 11.1 Å². The zero-order valence-corrected chi connectivity index (χ0v) is 24.4. The van der Waals surface area contributed by atoms with Crippen molar-refractivity contribution < 1.29 is 18.8 Å². The Morgan fingerprint density at radius 2 is 1.75 bits per heavy atom. The number of nitrogens with zero attached hydrogens (tertiary/aromatic N) is 3. The van der Waals surface area contributed by atoms with Crippen molar-refractivity contribution in [2.45, 2.75) is 84.2 Å². The normalized spacial score (nSPS) is 20.0. The minimum atomic E-state index is -0.544. The second-order valence-corrected chi connectivity index (χ2v) is 12.6. The number of amides is 1. The Bertz CT molecular complexity index is 1430. The molecule has 2 fully saturated rings. The van der Waals surface area contributed by atoms with E-state index in [1.165, 1.54) is 0 Å². The standard InChI is InChI=1S/C31H37BN4O4/c1-29(2,3)38-28(37)36-16-8-9-26(36)27-34-19-25(35-27)21-12-10-20(11-13-21)24-15-14-23(17-22(24)18-33)32-39-30(4,5)31(6,7)40-32/h10-15,17,19,26H,8-9,16H2,1-7H3,(H,34,35)/t26-/m0/s1. The van der Waals surface area contributed by atoms with Gasteiger partial charge in [-0.15, -0.1) is 0 Å². The van der Waals surface area contributed by atoms with E-state index in [-0.39, 0.29) is 12.1 Å². The van der Waals surface area contributed by atoms with Crippen molar-refractivity contribution >= 4 is 18.7 Å². The average Bonchev–Trinajstić information content (AvgIpc) is 3.60. The molecule has 208 valence electrons. The molecule has 0 bridgehead atoms. The van der Waals surface area contributed by atoms with Gasteiger partial charge in [-0.05, 0) is 89.5 Å². The molecule has 0 aliphatic carbocycles. The maximum atomic E-state index is 12.7. The first-order valence-electron chi connectivity index (χ1n) is 13.8. The molecule has 5 rings (SSSR count). The first kappa shape index (κ1) is 27.9. The van der Waals surface area contributed by atoms with Gasteiger partial charge in [0.05, 0.1) is 40.8 Å². The number of aromatic amines is 1. The quantitative estimate of drug-likeness (QED) is 0.409. The van der Waals surface area contributed by atoms with E-state index in [4.69, 9.17) is 14.0 Å². The fraction of sp³-hybridized carbons (Fsp3) is 0.452. The van der Waals surface area contributed by atoms with Crippen LogP contribution in [0.15, 0.2) is 48.7 Å². The zero-order valence-electron chi connectivity index (χ0n) is 24.4. The van der Waals surface area contributed by atoms with Gasteiger partial charge in [-0.25, -0.2) is 9.78 Å². The highest BCUT2D eigenvalue weighted by Gasteiger charge is 2.51. The zero-order chi connectivity index (χ0) is 28.9. The first-order chi connectivity index (χ1) is 18.8. The molecule has 3 aromatic rings. The predicted octanol–water partition coefficient (Wildman–Crippen LogP) is 5.99. The van der Waals surface area contributed by atoms with Gasteiger partial charge in [0.1, 0.15) is 11.4 Å². The van der Waals surface area contributed by atoms with Crippen molar-refractivity contribution in [2.75, 3.05) is 6.54 Å². The molecule has 0 unspecified atom stereocenters.